The molecule has 28 heavy (non-hydrogen) atoms. The number of hydrogen-bond acceptors (Lipinski definition) is 5. The Morgan fingerprint density at radius 3 is 2.61 bits per heavy atom. The summed E-state index contributed by atoms with van der Waals surface area (Å²) in [7, 11) is 1.56. The highest BCUT2D eigenvalue weighted by Gasteiger charge is 2.38. The van der Waals surface area contributed by atoms with E-state index in [0.717, 1.165) is 0 Å². The van der Waals surface area contributed by atoms with E-state index >= 15 is 0 Å². The van der Waals surface area contributed by atoms with Gasteiger partial charge in [-0.15, -0.1) is 5.10 Å². The normalized spacial score (nSPS) is 11.7. The van der Waals surface area contributed by atoms with E-state index in [0.29, 0.717) is 16.1 Å². The third kappa shape index (κ3) is 3.90. The standard InChI is InChI=1S/C18H16F4N5O/c1-11(2)28-16-9-8-12(27-17(18(20,21)22)23-24-25-27)10-15(16)26(3)14-7-5-4-6-13(14)19/h4-6,8-11H,1-3H3. The van der Waals surface area contributed by atoms with Gasteiger partial charge in [-0.2, -0.15) is 17.9 Å². The van der Waals surface area contributed by atoms with Crippen LogP contribution in [0.5, 0.6) is 5.75 Å². The largest absolute Gasteiger partial charge is 0.489 e. The van der Waals surface area contributed by atoms with Gasteiger partial charge in [0.1, 0.15) is 11.6 Å². The van der Waals surface area contributed by atoms with Crippen molar-refractivity contribution in [1.82, 2.24) is 20.2 Å². The number of ether oxygens (including phenoxy) is 1. The monoisotopic (exact) mass is 394 g/mol. The van der Waals surface area contributed by atoms with Crippen molar-refractivity contribution in [1.29, 1.82) is 0 Å². The molecule has 0 atom stereocenters. The van der Waals surface area contributed by atoms with Gasteiger partial charge in [-0.25, -0.2) is 4.39 Å². The fourth-order valence-corrected chi connectivity index (χ4v) is 2.58. The summed E-state index contributed by atoms with van der Waals surface area (Å²) >= 11 is 0. The van der Waals surface area contributed by atoms with E-state index in [1.807, 2.05) is 0 Å². The molecular formula is C18H16F4N5O. The van der Waals surface area contributed by atoms with E-state index in [-0.39, 0.29) is 17.5 Å². The van der Waals surface area contributed by atoms with Crippen molar-refractivity contribution in [3.63, 3.8) is 0 Å². The smallest absolute Gasteiger partial charge is 0.453 e. The van der Waals surface area contributed by atoms with Crippen LogP contribution < -0.4 is 9.64 Å². The van der Waals surface area contributed by atoms with Crippen LogP contribution in [0.1, 0.15) is 19.7 Å². The molecule has 0 unspecified atom stereocenters. The Balaban J connectivity index is 2.13. The van der Waals surface area contributed by atoms with Crippen molar-refractivity contribution in [3.8, 4) is 11.4 Å². The van der Waals surface area contributed by atoms with E-state index in [4.69, 9.17) is 4.74 Å². The zero-order valence-corrected chi connectivity index (χ0v) is 15.2. The van der Waals surface area contributed by atoms with E-state index < -0.39 is 17.8 Å². The number of halogens is 4. The molecule has 6 nitrogen and oxygen atoms in total. The molecule has 0 aliphatic carbocycles. The van der Waals surface area contributed by atoms with Crippen LogP contribution in [0.4, 0.5) is 28.9 Å². The zero-order chi connectivity index (χ0) is 20.5. The molecule has 2 aromatic carbocycles. The first-order valence-corrected chi connectivity index (χ1v) is 8.25. The molecule has 147 valence electrons. The SMILES string of the molecule is CC(C)Oc1ccc(-n2nnnc2C(F)(F)F)cc1N(C)c1[c]cccc1F. The summed E-state index contributed by atoms with van der Waals surface area (Å²) in [6.45, 7) is 3.60. The molecule has 0 N–H and O–H groups in total. The second-order valence-electron chi connectivity index (χ2n) is 6.16. The number of para-hydroxylation sites is 1. The average molecular weight is 394 g/mol. The Bertz CT molecular complexity index is 971. The number of aromatic nitrogens is 4. The first kappa shape index (κ1) is 19.6. The minimum Gasteiger partial charge on any atom is -0.489 e. The quantitative estimate of drug-likeness (QED) is 0.608. The number of alkyl halides is 3. The lowest BCUT2D eigenvalue weighted by atomic mass is 10.2. The van der Waals surface area contributed by atoms with Gasteiger partial charge < -0.3 is 9.64 Å². The fraction of sp³-hybridized carbons (Fsp3) is 0.278. The second kappa shape index (κ2) is 7.45. The van der Waals surface area contributed by atoms with Gasteiger partial charge >= 0.3 is 6.18 Å². The molecule has 1 radical (unpaired) electrons. The summed E-state index contributed by atoms with van der Waals surface area (Å²) in [6, 6.07) is 11.3. The molecule has 3 rings (SSSR count). The first-order valence-electron chi connectivity index (χ1n) is 8.25. The van der Waals surface area contributed by atoms with Gasteiger partial charge in [-0.3, -0.25) is 0 Å². The van der Waals surface area contributed by atoms with Crippen LogP contribution in [0.15, 0.2) is 36.4 Å². The van der Waals surface area contributed by atoms with Crippen LogP contribution in [0.25, 0.3) is 5.69 Å². The molecule has 1 aromatic heterocycles. The van der Waals surface area contributed by atoms with Crippen molar-refractivity contribution < 1.29 is 22.3 Å². The summed E-state index contributed by atoms with van der Waals surface area (Å²) in [5, 5.41) is 9.59. The predicted molar refractivity (Wildman–Crippen MR) is 93.2 cm³/mol. The number of benzene rings is 2. The Kier molecular flexibility index (Phi) is 5.21. The number of hydrogen-bond donors (Lipinski definition) is 0. The maximum Gasteiger partial charge on any atom is 0.453 e. The highest BCUT2D eigenvalue weighted by atomic mass is 19.4. The Hall–Kier alpha value is -3.17. The lowest BCUT2D eigenvalue weighted by Crippen LogP contribution is -2.17. The van der Waals surface area contributed by atoms with Crippen LogP contribution >= 0.6 is 0 Å². The molecule has 0 saturated carbocycles. The van der Waals surface area contributed by atoms with Crippen LogP contribution in [0, 0.1) is 11.9 Å². The minimum atomic E-state index is -4.73. The number of anilines is 2. The maximum absolute atomic E-state index is 14.2. The van der Waals surface area contributed by atoms with Crippen molar-refractivity contribution >= 4 is 11.4 Å². The Morgan fingerprint density at radius 2 is 1.96 bits per heavy atom. The molecule has 0 aliphatic heterocycles. The van der Waals surface area contributed by atoms with Crippen LogP contribution in [0.3, 0.4) is 0 Å². The molecule has 0 amide bonds. The minimum absolute atomic E-state index is 0.0478. The van der Waals surface area contributed by atoms with Crippen molar-refractivity contribution in [3.05, 3.63) is 54.1 Å². The molecule has 0 bridgehead atoms. The fourth-order valence-electron chi connectivity index (χ4n) is 2.58. The molecule has 10 heteroatoms. The van der Waals surface area contributed by atoms with Gasteiger partial charge in [0.15, 0.2) is 0 Å². The highest BCUT2D eigenvalue weighted by molar-refractivity contribution is 5.71. The molecule has 1 heterocycles. The average Bonchev–Trinajstić information content (AvgIpc) is 3.12. The van der Waals surface area contributed by atoms with Crippen molar-refractivity contribution in [2.24, 2.45) is 0 Å². The molecule has 0 spiro atoms. The van der Waals surface area contributed by atoms with Gasteiger partial charge in [0.25, 0.3) is 5.82 Å². The maximum atomic E-state index is 14.2. The van der Waals surface area contributed by atoms with E-state index in [1.54, 1.807) is 20.9 Å². The van der Waals surface area contributed by atoms with Crippen LogP contribution in [0.2, 0.25) is 0 Å². The van der Waals surface area contributed by atoms with Gasteiger partial charge in [-0.1, -0.05) is 12.1 Å². The lowest BCUT2D eigenvalue weighted by Gasteiger charge is -2.24. The first-order chi connectivity index (χ1) is 13.2. The number of nitrogens with zero attached hydrogens (tertiary/aromatic N) is 5. The number of rotatable bonds is 5. The van der Waals surface area contributed by atoms with E-state index in [9.17, 15) is 17.6 Å². The summed E-state index contributed by atoms with van der Waals surface area (Å²) in [6.07, 6.45) is -4.94. The van der Waals surface area contributed by atoms with E-state index in [2.05, 4.69) is 21.6 Å². The summed E-state index contributed by atoms with van der Waals surface area (Å²) in [4.78, 5) is 1.44. The molecule has 3 aromatic rings. The summed E-state index contributed by atoms with van der Waals surface area (Å²) in [5.74, 6) is -1.44. The topological polar surface area (TPSA) is 56.1 Å². The van der Waals surface area contributed by atoms with Crippen molar-refractivity contribution in [2.75, 3.05) is 11.9 Å². The predicted octanol–water partition coefficient (Wildman–Crippen LogP) is 4.18. The third-order valence-corrected chi connectivity index (χ3v) is 3.75. The van der Waals surface area contributed by atoms with Gasteiger partial charge in [0, 0.05) is 13.1 Å². The summed E-state index contributed by atoms with van der Waals surface area (Å²) < 4.78 is 59.9. The van der Waals surface area contributed by atoms with Gasteiger partial charge in [0.2, 0.25) is 0 Å². The molecule has 0 saturated heterocycles. The molecular weight excluding hydrogens is 378 g/mol. The van der Waals surface area contributed by atoms with Gasteiger partial charge in [0.05, 0.1) is 23.2 Å². The van der Waals surface area contributed by atoms with Gasteiger partial charge in [-0.05, 0) is 48.5 Å². The van der Waals surface area contributed by atoms with E-state index in [1.165, 1.54) is 41.3 Å². The second-order valence-corrected chi connectivity index (χ2v) is 6.16. The highest BCUT2D eigenvalue weighted by Crippen LogP contribution is 2.37. The molecule has 0 fully saturated rings. The Labute approximate surface area is 158 Å². The lowest BCUT2D eigenvalue weighted by molar-refractivity contribution is -0.146. The third-order valence-electron chi connectivity index (χ3n) is 3.75. The molecule has 0 aliphatic rings. The van der Waals surface area contributed by atoms with Crippen LogP contribution in [-0.4, -0.2) is 33.4 Å². The van der Waals surface area contributed by atoms with Crippen LogP contribution in [-0.2, 0) is 6.18 Å². The summed E-state index contributed by atoms with van der Waals surface area (Å²) in [5.41, 5.74) is 0.490. The number of tetrazole rings is 1. The Morgan fingerprint density at radius 1 is 1.21 bits per heavy atom. The van der Waals surface area contributed by atoms with Crippen molar-refractivity contribution in [2.45, 2.75) is 26.1 Å². The zero-order valence-electron chi connectivity index (χ0n) is 15.2.